The number of carbonyl (C=O) groups is 2. The van der Waals surface area contributed by atoms with Crippen LogP contribution in [0.5, 0.6) is 0 Å². The van der Waals surface area contributed by atoms with Gasteiger partial charge < -0.3 is 5.32 Å². The number of anilines is 1. The second kappa shape index (κ2) is 6.37. The zero-order chi connectivity index (χ0) is 14.7. The summed E-state index contributed by atoms with van der Waals surface area (Å²) in [5.74, 6) is -0.128. The maximum absolute atomic E-state index is 11.8. The Morgan fingerprint density at radius 3 is 2.60 bits per heavy atom. The molecule has 0 aromatic heterocycles. The van der Waals surface area contributed by atoms with Crippen LogP contribution in [-0.2, 0) is 9.59 Å². The van der Waals surface area contributed by atoms with Crippen molar-refractivity contribution in [3.05, 3.63) is 29.8 Å². The fourth-order valence-corrected chi connectivity index (χ4v) is 3.30. The zero-order valence-electron chi connectivity index (χ0n) is 11.4. The summed E-state index contributed by atoms with van der Waals surface area (Å²) in [6, 6.07) is 7.59. The van der Waals surface area contributed by atoms with Gasteiger partial charge in [0.05, 0.1) is 5.25 Å². The fraction of sp³-hybridized carbons (Fsp3) is 0.357. The number of amides is 2. The molecule has 0 unspecified atom stereocenters. The Morgan fingerprint density at radius 2 is 2.05 bits per heavy atom. The predicted octanol–water partition coefficient (Wildman–Crippen LogP) is 2.57. The molecule has 2 amide bonds. The van der Waals surface area contributed by atoms with Gasteiger partial charge in [0.2, 0.25) is 11.8 Å². The van der Waals surface area contributed by atoms with Gasteiger partial charge in [0.15, 0.2) is 0 Å². The molecule has 1 saturated heterocycles. The second-order valence-electron chi connectivity index (χ2n) is 4.68. The highest BCUT2D eigenvalue weighted by Crippen LogP contribution is 2.26. The normalized spacial score (nSPS) is 18.5. The predicted molar refractivity (Wildman–Crippen MR) is 85.8 cm³/mol. The molecule has 0 bridgehead atoms. The summed E-state index contributed by atoms with van der Waals surface area (Å²) in [6.45, 7) is 4.16. The fourth-order valence-electron chi connectivity index (χ4n) is 1.85. The molecular weight excluding hydrogens is 292 g/mol. The third-order valence-electron chi connectivity index (χ3n) is 3.01. The Bertz CT molecular complexity index is 543. The topological polar surface area (TPSA) is 49.4 Å². The summed E-state index contributed by atoms with van der Waals surface area (Å²) in [6.07, 6.45) is 0.243. The zero-order valence-corrected chi connectivity index (χ0v) is 13.0. The van der Waals surface area contributed by atoms with Crippen molar-refractivity contribution in [2.45, 2.75) is 25.5 Å². The van der Waals surface area contributed by atoms with Crippen LogP contribution in [-0.4, -0.2) is 32.8 Å². The van der Waals surface area contributed by atoms with Gasteiger partial charge in [0.25, 0.3) is 0 Å². The van der Waals surface area contributed by atoms with E-state index in [9.17, 15) is 9.59 Å². The molecule has 20 heavy (non-hydrogen) atoms. The molecule has 1 fully saturated rings. The van der Waals surface area contributed by atoms with Gasteiger partial charge >= 0.3 is 0 Å². The minimum absolute atomic E-state index is 0.0110. The summed E-state index contributed by atoms with van der Waals surface area (Å²) < 4.78 is 0.561. The summed E-state index contributed by atoms with van der Waals surface area (Å²) in [5, 5.41) is 2.67. The summed E-state index contributed by atoms with van der Waals surface area (Å²) in [4.78, 5) is 25.2. The van der Waals surface area contributed by atoms with Gasteiger partial charge in [-0.1, -0.05) is 41.7 Å². The van der Waals surface area contributed by atoms with Crippen LogP contribution < -0.4 is 5.32 Å². The van der Waals surface area contributed by atoms with E-state index in [0.29, 0.717) is 10.9 Å². The van der Waals surface area contributed by atoms with E-state index in [0.717, 1.165) is 11.3 Å². The van der Waals surface area contributed by atoms with Crippen LogP contribution in [0.25, 0.3) is 0 Å². The quantitative estimate of drug-likeness (QED) is 0.869. The highest BCUT2D eigenvalue weighted by Gasteiger charge is 2.33. The lowest BCUT2D eigenvalue weighted by Crippen LogP contribution is -2.33. The van der Waals surface area contributed by atoms with Gasteiger partial charge in [-0.15, -0.1) is 0 Å². The number of nitrogens with zero attached hydrogens (tertiary/aromatic N) is 1. The molecule has 1 aliphatic rings. The largest absolute Gasteiger partial charge is 0.326 e. The van der Waals surface area contributed by atoms with E-state index >= 15 is 0 Å². The number of carbonyl (C=O) groups excluding carboxylic acids is 2. The van der Waals surface area contributed by atoms with Crippen LogP contribution in [0.2, 0.25) is 0 Å². The van der Waals surface area contributed by atoms with E-state index in [-0.39, 0.29) is 23.5 Å². The molecule has 1 heterocycles. The monoisotopic (exact) mass is 308 g/mol. The third kappa shape index (κ3) is 3.58. The van der Waals surface area contributed by atoms with Crippen molar-refractivity contribution < 1.29 is 9.59 Å². The number of hydrogen-bond donors (Lipinski definition) is 1. The molecule has 106 valence electrons. The van der Waals surface area contributed by atoms with Gasteiger partial charge in [-0.25, -0.2) is 0 Å². The van der Waals surface area contributed by atoms with Crippen molar-refractivity contribution in [3.8, 4) is 0 Å². The average Bonchev–Trinajstić information content (AvgIpc) is 2.64. The Labute approximate surface area is 127 Å². The molecule has 1 aliphatic heterocycles. The molecule has 0 aliphatic carbocycles. The number of thiocarbonyl (C=S) groups is 1. The van der Waals surface area contributed by atoms with E-state index in [1.165, 1.54) is 16.7 Å². The Hall–Kier alpha value is -1.40. The Morgan fingerprint density at radius 1 is 1.40 bits per heavy atom. The molecule has 0 saturated carbocycles. The van der Waals surface area contributed by atoms with Crippen LogP contribution in [0.15, 0.2) is 24.3 Å². The van der Waals surface area contributed by atoms with Crippen LogP contribution in [0, 0.1) is 6.92 Å². The first-order valence-electron chi connectivity index (χ1n) is 6.36. The first kappa shape index (κ1) is 15.0. The van der Waals surface area contributed by atoms with Crippen molar-refractivity contribution in [1.29, 1.82) is 0 Å². The van der Waals surface area contributed by atoms with Crippen molar-refractivity contribution >= 4 is 45.8 Å². The van der Waals surface area contributed by atoms with E-state index in [4.69, 9.17) is 12.2 Å². The minimum Gasteiger partial charge on any atom is -0.326 e. The molecule has 4 nitrogen and oxygen atoms in total. The van der Waals surface area contributed by atoms with Crippen LogP contribution in [0.1, 0.15) is 18.9 Å². The highest BCUT2D eigenvalue weighted by atomic mass is 32.2. The van der Waals surface area contributed by atoms with Crippen molar-refractivity contribution in [2.24, 2.45) is 0 Å². The van der Waals surface area contributed by atoms with Crippen molar-refractivity contribution in [1.82, 2.24) is 4.90 Å². The smallest absolute Gasteiger partial charge is 0.241 e. The van der Waals surface area contributed by atoms with Gasteiger partial charge in [-0.3, -0.25) is 14.5 Å². The van der Waals surface area contributed by atoms with Crippen molar-refractivity contribution in [2.75, 3.05) is 11.9 Å². The van der Waals surface area contributed by atoms with Gasteiger partial charge in [-0.2, -0.15) is 0 Å². The number of rotatable bonds is 4. The number of benzene rings is 1. The molecule has 2 rings (SSSR count). The molecule has 1 aromatic carbocycles. The molecule has 0 spiro atoms. The standard InChI is InChI=1S/C14H16N2O2S2/c1-9-3-5-11(6-4-9)15-12(17)7-8-16-13(18)10(2)20-14(16)19/h3-6,10H,7-8H2,1-2H3,(H,15,17)/t10-/m0/s1. The van der Waals surface area contributed by atoms with Crippen LogP contribution in [0.3, 0.4) is 0 Å². The average molecular weight is 308 g/mol. The molecule has 0 radical (unpaired) electrons. The van der Waals surface area contributed by atoms with E-state index in [2.05, 4.69) is 5.32 Å². The maximum Gasteiger partial charge on any atom is 0.241 e. The Kier molecular flexibility index (Phi) is 4.77. The minimum atomic E-state index is -0.136. The molecule has 1 atom stereocenters. The van der Waals surface area contributed by atoms with Crippen LogP contribution in [0.4, 0.5) is 5.69 Å². The molecule has 1 aromatic rings. The molecule has 1 N–H and O–H groups in total. The first-order valence-corrected chi connectivity index (χ1v) is 7.64. The van der Waals surface area contributed by atoms with E-state index in [1.54, 1.807) is 0 Å². The summed E-state index contributed by atoms with van der Waals surface area (Å²) in [7, 11) is 0. The van der Waals surface area contributed by atoms with Gasteiger partial charge in [0, 0.05) is 18.7 Å². The SMILES string of the molecule is Cc1ccc(NC(=O)CCN2C(=O)[C@H](C)SC2=S)cc1. The maximum atomic E-state index is 11.8. The second-order valence-corrected chi connectivity index (χ2v) is 6.65. The third-order valence-corrected chi connectivity index (χ3v) is 4.50. The lowest BCUT2D eigenvalue weighted by atomic mass is 10.2. The van der Waals surface area contributed by atoms with Crippen LogP contribution >= 0.6 is 24.0 Å². The summed E-state index contributed by atoms with van der Waals surface area (Å²) in [5.41, 5.74) is 1.90. The highest BCUT2D eigenvalue weighted by molar-refractivity contribution is 8.24. The van der Waals surface area contributed by atoms with Crippen molar-refractivity contribution in [3.63, 3.8) is 0 Å². The summed E-state index contributed by atoms with van der Waals surface area (Å²) >= 11 is 6.50. The van der Waals surface area contributed by atoms with E-state index in [1.807, 2.05) is 38.1 Å². The van der Waals surface area contributed by atoms with Gasteiger partial charge in [0.1, 0.15) is 4.32 Å². The lowest BCUT2D eigenvalue weighted by molar-refractivity contribution is -0.126. The Balaban J connectivity index is 1.85. The van der Waals surface area contributed by atoms with Gasteiger partial charge in [-0.05, 0) is 26.0 Å². The number of aryl methyl sites for hydroxylation is 1. The van der Waals surface area contributed by atoms with E-state index < -0.39 is 0 Å². The number of thioether (sulfide) groups is 1. The number of nitrogens with one attached hydrogen (secondary N) is 1. The molecular formula is C14H16N2O2S2. The lowest BCUT2D eigenvalue weighted by Gasteiger charge is -2.14. The first-order chi connectivity index (χ1) is 9.47. The number of hydrogen-bond acceptors (Lipinski definition) is 4. The molecule has 6 heteroatoms.